The molecule has 0 bridgehead atoms. The smallest absolute Gasteiger partial charge is 0.345 e. The lowest BCUT2D eigenvalue weighted by Gasteiger charge is -2.15. The SMILES string of the molecule is CON(C)C(=O)Nc1cccc(OCCC(=O)c2ccccc2)c1. The van der Waals surface area contributed by atoms with Crippen molar-refractivity contribution in [2.75, 3.05) is 26.1 Å². The number of carbonyl (C=O) groups excluding carboxylic acids is 2. The van der Waals surface area contributed by atoms with Crippen molar-refractivity contribution in [1.29, 1.82) is 0 Å². The lowest BCUT2D eigenvalue weighted by Crippen LogP contribution is -2.30. The molecule has 6 nitrogen and oxygen atoms in total. The van der Waals surface area contributed by atoms with Crippen LogP contribution in [-0.4, -0.2) is 37.6 Å². The minimum atomic E-state index is -0.395. The molecule has 0 aliphatic carbocycles. The maximum Gasteiger partial charge on any atom is 0.345 e. The average molecular weight is 328 g/mol. The number of ether oxygens (including phenoxy) is 1. The molecule has 24 heavy (non-hydrogen) atoms. The van der Waals surface area contributed by atoms with Gasteiger partial charge >= 0.3 is 6.03 Å². The monoisotopic (exact) mass is 328 g/mol. The topological polar surface area (TPSA) is 67.9 Å². The molecule has 0 aliphatic rings. The molecule has 126 valence electrons. The van der Waals surface area contributed by atoms with E-state index in [1.807, 2.05) is 18.2 Å². The molecular formula is C18H20N2O4. The summed E-state index contributed by atoms with van der Waals surface area (Å²) in [4.78, 5) is 28.5. The predicted molar refractivity (Wildman–Crippen MR) is 91.1 cm³/mol. The number of Topliss-reactive ketones (excluding diaryl/α,β-unsaturated/α-hetero) is 1. The van der Waals surface area contributed by atoms with Gasteiger partial charge in [-0.25, -0.2) is 9.86 Å². The number of hydroxylamine groups is 2. The van der Waals surface area contributed by atoms with Crippen LogP contribution in [0.2, 0.25) is 0 Å². The molecule has 0 aromatic heterocycles. The summed E-state index contributed by atoms with van der Waals surface area (Å²) in [5.74, 6) is 0.607. The molecule has 0 saturated carbocycles. The van der Waals surface area contributed by atoms with E-state index in [2.05, 4.69) is 5.32 Å². The number of rotatable bonds is 7. The van der Waals surface area contributed by atoms with Crippen LogP contribution in [0.3, 0.4) is 0 Å². The molecular weight excluding hydrogens is 308 g/mol. The maximum absolute atomic E-state index is 12.0. The van der Waals surface area contributed by atoms with Crippen molar-refractivity contribution in [3.8, 4) is 5.75 Å². The van der Waals surface area contributed by atoms with Gasteiger partial charge in [-0.2, -0.15) is 0 Å². The van der Waals surface area contributed by atoms with Gasteiger partial charge in [0.05, 0.1) is 13.7 Å². The zero-order chi connectivity index (χ0) is 17.4. The molecule has 2 rings (SSSR count). The number of carbonyl (C=O) groups is 2. The minimum absolute atomic E-state index is 0.0294. The summed E-state index contributed by atoms with van der Waals surface area (Å²) >= 11 is 0. The van der Waals surface area contributed by atoms with Gasteiger partial charge in [-0.15, -0.1) is 0 Å². The van der Waals surface area contributed by atoms with Crippen LogP contribution < -0.4 is 10.1 Å². The van der Waals surface area contributed by atoms with Crippen LogP contribution in [0, 0.1) is 0 Å². The van der Waals surface area contributed by atoms with Gasteiger partial charge in [0.2, 0.25) is 0 Å². The highest BCUT2D eigenvalue weighted by Crippen LogP contribution is 2.18. The lowest BCUT2D eigenvalue weighted by atomic mass is 10.1. The Kier molecular flexibility index (Phi) is 6.33. The Morgan fingerprint density at radius 2 is 1.83 bits per heavy atom. The molecule has 2 aromatic carbocycles. The van der Waals surface area contributed by atoms with Crippen LogP contribution in [0.1, 0.15) is 16.8 Å². The van der Waals surface area contributed by atoms with Crippen molar-refractivity contribution in [2.24, 2.45) is 0 Å². The van der Waals surface area contributed by atoms with Crippen LogP contribution in [0.4, 0.5) is 10.5 Å². The van der Waals surface area contributed by atoms with Gasteiger partial charge in [0, 0.05) is 30.8 Å². The average Bonchev–Trinajstić information content (AvgIpc) is 2.62. The first-order chi connectivity index (χ1) is 11.6. The van der Waals surface area contributed by atoms with Crippen LogP contribution in [0.25, 0.3) is 0 Å². The number of hydrogen-bond donors (Lipinski definition) is 1. The summed E-state index contributed by atoms with van der Waals surface area (Å²) in [6.45, 7) is 0.267. The molecule has 0 heterocycles. The molecule has 0 radical (unpaired) electrons. The predicted octanol–water partition coefficient (Wildman–Crippen LogP) is 3.36. The number of urea groups is 1. The Hall–Kier alpha value is -2.86. The Morgan fingerprint density at radius 1 is 1.08 bits per heavy atom. The molecule has 0 unspecified atom stereocenters. The highest BCUT2D eigenvalue weighted by atomic mass is 16.7. The molecule has 6 heteroatoms. The van der Waals surface area contributed by atoms with Crippen molar-refractivity contribution >= 4 is 17.5 Å². The van der Waals surface area contributed by atoms with E-state index in [0.29, 0.717) is 17.0 Å². The third-order valence-electron chi connectivity index (χ3n) is 3.34. The second kappa shape index (κ2) is 8.69. The van der Waals surface area contributed by atoms with Crippen molar-refractivity contribution in [3.05, 3.63) is 60.2 Å². The van der Waals surface area contributed by atoms with Gasteiger partial charge in [0.1, 0.15) is 5.75 Å². The van der Waals surface area contributed by atoms with Crippen LogP contribution in [-0.2, 0) is 4.84 Å². The van der Waals surface area contributed by atoms with E-state index in [4.69, 9.17) is 9.57 Å². The Bertz CT molecular complexity index is 688. The van der Waals surface area contributed by atoms with Gasteiger partial charge in [0.15, 0.2) is 5.78 Å². The van der Waals surface area contributed by atoms with Gasteiger partial charge in [0.25, 0.3) is 0 Å². The fraction of sp³-hybridized carbons (Fsp3) is 0.222. The van der Waals surface area contributed by atoms with E-state index in [1.54, 1.807) is 36.4 Å². The molecule has 0 atom stereocenters. The number of nitrogens with zero attached hydrogens (tertiary/aromatic N) is 1. The highest BCUT2D eigenvalue weighted by molar-refractivity contribution is 5.96. The molecule has 0 spiro atoms. The normalized spacial score (nSPS) is 10.1. The second-order valence-electron chi connectivity index (χ2n) is 5.03. The number of amides is 2. The summed E-state index contributed by atoms with van der Waals surface area (Å²) in [5.41, 5.74) is 1.25. The van der Waals surface area contributed by atoms with Crippen LogP contribution in [0.15, 0.2) is 54.6 Å². The van der Waals surface area contributed by atoms with E-state index >= 15 is 0 Å². The third-order valence-corrected chi connectivity index (χ3v) is 3.34. The Balaban J connectivity index is 1.86. The molecule has 2 aromatic rings. The molecule has 0 aliphatic heterocycles. The zero-order valence-corrected chi connectivity index (χ0v) is 13.7. The summed E-state index contributed by atoms with van der Waals surface area (Å²) in [5, 5.41) is 3.75. The highest BCUT2D eigenvalue weighted by Gasteiger charge is 2.09. The number of nitrogens with one attached hydrogen (secondary N) is 1. The number of hydrogen-bond acceptors (Lipinski definition) is 4. The zero-order valence-electron chi connectivity index (χ0n) is 13.7. The first kappa shape index (κ1) is 17.5. The van der Waals surface area contributed by atoms with Crippen molar-refractivity contribution in [2.45, 2.75) is 6.42 Å². The van der Waals surface area contributed by atoms with E-state index < -0.39 is 6.03 Å². The number of ketones is 1. The van der Waals surface area contributed by atoms with Gasteiger partial charge in [-0.3, -0.25) is 9.63 Å². The first-order valence-electron chi connectivity index (χ1n) is 7.50. The second-order valence-corrected chi connectivity index (χ2v) is 5.03. The Labute approximate surface area is 140 Å². The summed E-state index contributed by atoms with van der Waals surface area (Å²) < 4.78 is 5.59. The number of anilines is 1. The third kappa shape index (κ3) is 5.10. The standard InChI is InChI=1S/C18H20N2O4/c1-20(23-2)18(22)19-15-9-6-10-16(13-15)24-12-11-17(21)14-7-4-3-5-8-14/h3-10,13H,11-12H2,1-2H3,(H,19,22). The van der Waals surface area contributed by atoms with Crippen molar-refractivity contribution in [3.63, 3.8) is 0 Å². The van der Waals surface area contributed by atoms with Gasteiger partial charge < -0.3 is 10.1 Å². The van der Waals surface area contributed by atoms with Gasteiger partial charge in [-0.1, -0.05) is 36.4 Å². The quantitative estimate of drug-likeness (QED) is 0.625. The number of benzene rings is 2. The van der Waals surface area contributed by atoms with Crippen molar-refractivity contribution < 1.29 is 19.2 Å². The maximum atomic E-state index is 12.0. The lowest BCUT2D eigenvalue weighted by molar-refractivity contribution is -0.0598. The molecule has 2 amide bonds. The van der Waals surface area contributed by atoms with Gasteiger partial charge in [-0.05, 0) is 12.1 Å². The summed E-state index contributed by atoms with van der Waals surface area (Å²) in [6.07, 6.45) is 0.285. The molecule has 0 fully saturated rings. The molecule has 1 N–H and O–H groups in total. The van der Waals surface area contributed by atoms with E-state index in [-0.39, 0.29) is 18.8 Å². The largest absolute Gasteiger partial charge is 0.493 e. The fourth-order valence-electron chi connectivity index (χ4n) is 1.98. The molecule has 0 saturated heterocycles. The Morgan fingerprint density at radius 3 is 2.54 bits per heavy atom. The fourth-order valence-corrected chi connectivity index (χ4v) is 1.98. The minimum Gasteiger partial charge on any atom is -0.493 e. The van der Waals surface area contributed by atoms with Crippen LogP contribution >= 0.6 is 0 Å². The van der Waals surface area contributed by atoms with E-state index in [9.17, 15) is 9.59 Å². The first-order valence-corrected chi connectivity index (χ1v) is 7.50. The summed E-state index contributed by atoms with van der Waals surface area (Å²) in [6, 6.07) is 15.7. The van der Waals surface area contributed by atoms with Crippen molar-refractivity contribution in [1.82, 2.24) is 5.06 Å². The van der Waals surface area contributed by atoms with E-state index in [0.717, 1.165) is 5.06 Å². The van der Waals surface area contributed by atoms with E-state index in [1.165, 1.54) is 14.2 Å². The summed E-state index contributed by atoms with van der Waals surface area (Å²) in [7, 11) is 2.91. The van der Waals surface area contributed by atoms with Crippen LogP contribution in [0.5, 0.6) is 5.75 Å².